The van der Waals surface area contributed by atoms with E-state index in [-0.39, 0.29) is 18.0 Å². The zero-order chi connectivity index (χ0) is 29.5. The molecule has 1 fully saturated rings. The molecule has 2 amide bonds. The molecule has 0 N–H and O–H groups in total. The number of halogens is 1. The van der Waals surface area contributed by atoms with Gasteiger partial charge in [-0.15, -0.1) is 0 Å². The van der Waals surface area contributed by atoms with Crippen LogP contribution in [0.3, 0.4) is 0 Å². The Balaban J connectivity index is 1.44. The molecule has 2 heterocycles. The predicted octanol–water partition coefficient (Wildman–Crippen LogP) is 4.00. The van der Waals surface area contributed by atoms with Crippen LogP contribution in [-0.4, -0.2) is 92.5 Å². The van der Waals surface area contributed by atoms with Crippen LogP contribution in [0, 0.1) is 5.82 Å². The van der Waals surface area contributed by atoms with Gasteiger partial charge in [0.25, 0.3) is 11.8 Å². The molecule has 3 aromatic carbocycles. The van der Waals surface area contributed by atoms with Crippen molar-refractivity contribution in [3.05, 3.63) is 95.3 Å². The van der Waals surface area contributed by atoms with E-state index in [1.165, 1.54) is 28.1 Å². The number of benzene rings is 3. The topological polar surface area (TPSA) is 83.9 Å². The second kappa shape index (κ2) is 13.6. The molecule has 0 aliphatic carbocycles. The molecule has 2 aliphatic rings. The summed E-state index contributed by atoms with van der Waals surface area (Å²) in [6.45, 7) is 3.37. The minimum atomic E-state index is -0.509. The second-order valence-electron chi connectivity index (χ2n) is 10.2. The quantitative estimate of drug-likeness (QED) is 0.364. The molecule has 42 heavy (non-hydrogen) atoms. The fourth-order valence-corrected chi connectivity index (χ4v) is 5.26. The zero-order valence-corrected chi connectivity index (χ0v) is 23.9. The summed E-state index contributed by atoms with van der Waals surface area (Å²) in [4.78, 5) is 31.3. The number of methoxy groups -OCH3 is 2. The monoisotopic (exact) mass is 574 g/mol. The first kappa shape index (κ1) is 29.2. The average molecular weight is 575 g/mol. The number of hydrogen-bond donors (Lipinski definition) is 0. The molecule has 10 heteroatoms. The molecule has 0 radical (unpaired) electrons. The van der Waals surface area contributed by atoms with Crippen molar-refractivity contribution in [1.29, 1.82) is 0 Å². The van der Waals surface area contributed by atoms with Crippen LogP contribution in [0.15, 0.2) is 77.9 Å². The molecule has 0 aromatic heterocycles. The van der Waals surface area contributed by atoms with E-state index in [9.17, 15) is 14.0 Å². The molecule has 2 aliphatic heterocycles. The molecule has 1 atom stereocenters. The summed E-state index contributed by atoms with van der Waals surface area (Å²) in [5, 5.41) is 6.23. The standard InChI is InChI=1S/C32H35FN4O5/c1-40-26-12-10-23(11-13-26)28-21-29(27-8-3-4-9-30(27)41-2)37(34-28)31(38)22-36(15-14-35-16-18-42-19-17-35)32(39)24-6-5-7-25(33)20-24/h3-13,20,29H,14-19,21-22H2,1-2H3. The predicted molar refractivity (Wildman–Crippen MR) is 156 cm³/mol. The van der Waals surface area contributed by atoms with E-state index in [1.54, 1.807) is 20.3 Å². The lowest BCUT2D eigenvalue weighted by Crippen LogP contribution is -2.46. The lowest BCUT2D eigenvalue weighted by atomic mass is 9.97. The first-order valence-corrected chi connectivity index (χ1v) is 14.0. The normalized spacial score (nSPS) is 17.1. The van der Waals surface area contributed by atoms with Crippen LogP contribution in [0.4, 0.5) is 4.39 Å². The summed E-state index contributed by atoms with van der Waals surface area (Å²) < 4.78 is 30.4. The maximum atomic E-state index is 14.0. The minimum absolute atomic E-state index is 0.190. The van der Waals surface area contributed by atoms with E-state index in [1.807, 2.05) is 48.5 Å². The van der Waals surface area contributed by atoms with Gasteiger partial charge in [0, 0.05) is 43.7 Å². The van der Waals surface area contributed by atoms with E-state index >= 15 is 0 Å². The van der Waals surface area contributed by atoms with Crippen molar-refractivity contribution in [2.24, 2.45) is 5.10 Å². The second-order valence-corrected chi connectivity index (χ2v) is 10.2. The highest BCUT2D eigenvalue weighted by molar-refractivity contribution is 6.04. The number of carbonyl (C=O) groups excluding carboxylic acids is 2. The summed E-state index contributed by atoms with van der Waals surface area (Å²) >= 11 is 0. The van der Waals surface area contributed by atoms with Crippen molar-refractivity contribution in [2.75, 3.05) is 60.2 Å². The van der Waals surface area contributed by atoms with Crippen LogP contribution in [0.5, 0.6) is 11.5 Å². The Labute approximate surface area is 245 Å². The average Bonchev–Trinajstić information content (AvgIpc) is 3.49. The van der Waals surface area contributed by atoms with Crippen molar-refractivity contribution in [3.63, 3.8) is 0 Å². The highest BCUT2D eigenvalue weighted by Crippen LogP contribution is 2.37. The molecule has 5 rings (SSSR count). The smallest absolute Gasteiger partial charge is 0.262 e. The Hall–Kier alpha value is -4.28. The Bertz CT molecular complexity index is 1420. The maximum Gasteiger partial charge on any atom is 0.262 e. The molecule has 220 valence electrons. The lowest BCUT2D eigenvalue weighted by Gasteiger charge is -2.31. The van der Waals surface area contributed by atoms with Crippen LogP contribution in [0.1, 0.15) is 33.9 Å². The minimum Gasteiger partial charge on any atom is -0.497 e. The van der Waals surface area contributed by atoms with E-state index in [0.29, 0.717) is 38.5 Å². The van der Waals surface area contributed by atoms with Gasteiger partial charge in [0.05, 0.1) is 39.2 Å². The van der Waals surface area contributed by atoms with Gasteiger partial charge < -0.3 is 19.1 Å². The van der Waals surface area contributed by atoms with E-state index < -0.39 is 17.8 Å². The van der Waals surface area contributed by atoms with Gasteiger partial charge in [-0.05, 0) is 54.1 Å². The van der Waals surface area contributed by atoms with Crippen LogP contribution < -0.4 is 9.47 Å². The molecule has 0 bridgehead atoms. The van der Waals surface area contributed by atoms with Crippen LogP contribution in [0.25, 0.3) is 0 Å². The molecular formula is C32H35FN4O5. The van der Waals surface area contributed by atoms with Crippen molar-refractivity contribution >= 4 is 17.5 Å². The summed E-state index contributed by atoms with van der Waals surface area (Å²) in [7, 11) is 3.20. The Morgan fingerprint density at radius 1 is 1.00 bits per heavy atom. The Morgan fingerprint density at radius 3 is 2.48 bits per heavy atom. The van der Waals surface area contributed by atoms with Gasteiger partial charge in [-0.2, -0.15) is 5.10 Å². The third-order valence-corrected chi connectivity index (χ3v) is 7.56. The van der Waals surface area contributed by atoms with Crippen LogP contribution in [0.2, 0.25) is 0 Å². The van der Waals surface area contributed by atoms with Gasteiger partial charge >= 0.3 is 0 Å². The molecule has 0 saturated carbocycles. The summed E-state index contributed by atoms with van der Waals surface area (Å²) in [5.41, 5.74) is 2.61. The summed E-state index contributed by atoms with van der Waals surface area (Å²) in [6, 6.07) is 20.2. The third kappa shape index (κ3) is 6.78. The van der Waals surface area contributed by atoms with Crippen molar-refractivity contribution in [3.8, 4) is 11.5 Å². The SMILES string of the molecule is COc1ccc(C2=NN(C(=O)CN(CCN3CCOCC3)C(=O)c3cccc(F)c3)C(c3ccccc3OC)C2)cc1. The number of hydrogen-bond acceptors (Lipinski definition) is 7. The fraction of sp³-hybridized carbons (Fsp3) is 0.344. The Kier molecular flexibility index (Phi) is 9.45. The summed E-state index contributed by atoms with van der Waals surface area (Å²) in [6.07, 6.45) is 0.462. The molecule has 1 unspecified atom stereocenters. The molecule has 1 saturated heterocycles. The number of rotatable bonds is 10. The number of para-hydroxylation sites is 1. The first-order valence-electron chi connectivity index (χ1n) is 14.0. The van der Waals surface area contributed by atoms with Gasteiger partial charge in [-0.1, -0.05) is 24.3 Å². The van der Waals surface area contributed by atoms with E-state index in [2.05, 4.69) is 4.90 Å². The number of carbonyl (C=O) groups is 2. The fourth-order valence-electron chi connectivity index (χ4n) is 5.26. The van der Waals surface area contributed by atoms with Crippen molar-refractivity contribution in [2.45, 2.75) is 12.5 Å². The number of hydrazone groups is 1. The zero-order valence-electron chi connectivity index (χ0n) is 23.9. The van der Waals surface area contributed by atoms with Gasteiger partial charge in [-0.3, -0.25) is 14.5 Å². The van der Waals surface area contributed by atoms with Gasteiger partial charge in [0.2, 0.25) is 0 Å². The number of amides is 2. The number of morpholine rings is 1. The maximum absolute atomic E-state index is 14.0. The number of nitrogens with zero attached hydrogens (tertiary/aromatic N) is 4. The van der Waals surface area contributed by atoms with Gasteiger partial charge in [0.15, 0.2) is 0 Å². The van der Waals surface area contributed by atoms with Crippen LogP contribution in [-0.2, 0) is 9.53 Å². The first-order chi connectivity index (χ1) is 20.5. The molecule has 0 spiro atoms. The van der Waals surface area contributed by atoms with Gasteiger partial charge in [0.1, 0.15) is 23.9 Å². The van der Waals surface area contributed by atoms with Gasteiger partial charge in [-0.25, -0.2) is 9.40 Å². The third-order valence-electron chi connectivity index (χ3n) is 7.56. The van der Waals surface area contributed by atoms with Crippen molar-refractivity contribution in [1.82, 2.24) is 14.8 Å². The van der Waals surface area contributed by atoms with Crippen LogP contribution >= 0.6 is 0 Å². The largest absolute Gasteiger partial charge is 0.497 e. The molecule has 9 nitrogen and oxygen atoms in total. The van der Waals surface area contributed by atoms with Crippen molar-refractivity contribution < 1.29 is 28.2 Å². The highest BCUT2D eigenvalue weighted by atomic mass is 19.1. The molecular weight excluding hydrogens is 539 g/mol. The van der Waals surface area contributed by atoms with E-state index in [4.69, 9.17) is 19.3 Å². The summed E-state index contributed by atoms with van der Waals surface area (Å²) in [5.74, 6) is 0.0966. The number of ether oxygens (including phenoxy) is 3. The lowest BCUT2D eigenvalue weighted by molar-refractivity contribution is -0.133. The Morgan fingerprint density at radius 2 is 1.76 bits per heavy atom. The molecule has 3 aromatic rings. The van der Waals surface area contributed by atoms with E-state index in [0.717, 1.165) is 35.7 Å². The highest BCUT2D eigenvalue weighted by Gasteiger charge is 2.36.